The molecule has 0 saturated carbocycles. The van der Waals surface area contributed by atoms with E-state index in [9.17, 15) is 13.2 Å². The number of nitrogens with zero attached hydrogens (tertiary/aromatic N) is 2. The van der Waals surface area contributed by atoms with Gasteiger partial charge in [0.15, 0.2) is 0 Å². The number of aromatic amines is 1. The summed E-state index contributed by atoms with van der Waals surface area (Å²) in [5.41, 5.74) is 1.03. The summed E-state index contributed by atoms with van der Waals surface area (Å²) < 4.78 is 32.9. The van der Waals surface area contributed by atoms with Crippen LogP contribution in [0.2, 0.25) is 10.0 Å². The molecule has 154 valence electrons. The van der Waals surface area contributed by atoms with Crippen LogP contribution in [0.1, 0.15) is 19.8 Å². The lowest BCUT2D eigenvalue weighted by molar-refractivity contribution is -0.141. The number of unbranched alkanes of at least 4 members (excludes halogenated alkanes) is 1. The lowest BCUT2D eigenvalue weighted by atomic mass is 10.2. The number of benzene rings is 2. The molecule has 0 radical (unpaired) electrons. The Labute approximate surface area is 178 Å². The fourth-order valence-corrected chi connectivity index (χ4v) is 4.83. The number of ether oxygens (including phenoxy) is 1. The van der Waals surface area contributed by atoms with E-state index < -0.39 is 22.5 Å². The van der Waals surface area contributed by atoms with E-state index in [1.54, 1.807) is 24.4 Å². The summed E-state index contributed by atoms with van der Waals surface area (Å²) >= 11 is 12.0. The van der Waals surface area contributed by atoms with Gasteiger partial charge in [0.2, 0.25) is 0 Å². The monoisotopic (exact) mass is 455 g/mol. The number of carbonyl (C=O) groups excluding carboxylic acids is 1. The Kier molecular flexibility index (Phi) is 6.66. The van der Waals surface area contributed by atoms with Crippen LogP contribution in [0.4, 0.5) is 5.69 Å². The van der Waals surface area contributed by atoms with Crippen molar-refractivity contribution in [2.45, 2.75) is 24.7 Å². The maximum absolute atomic E-state index is 13.4. The van der Waals surface area contributed by atoms with E-state index in [1.165, 1.54) is 18.2 Å². The van der Waals surface area contributed by atoms with Crippen LogP contribution >= 0.6 is 23.2 Å². The van der Waals surface area contributed by atoms with Crippen LogP contribution in [0.25, 0.3) is 10.9 Å². The summed E-state index contributed by atoms with van der Waals surface area (Å²) in [5.74, 6) is -0.651. The van der Waals surface area contributed by atoms with Crippen LogP contribution in [-0.4, -0.2) is 37.7 Å². The second kappa shape index (κ2) is 9.02. The zero-order chi connectivity index (χ0) is 21.0. The number of anilines is 1. The number of halogens is 2. The minimum absolute atomic E-state index is 0.122. The molecule has 3 rings (SSSR count). The van der Waals surface area contributed by atoms with E-state index in [0.29, 0.717) is 17.5 Å². The molecule has 2 aromatic carbocycles. The van der Waals surface area contributed by atoms with Crippen molar-refractivity contribution in [2.24, 2.45) is 0 Å². The van der Waals surface area contributed by atoms with E-state index in [1.807, 2.05) is 6.92 Å². The summed E-state index contributed by atoms with van der Waals surface area (Å²) in [7, 11) is -4.14. The Morgan fingerprint density at radius 1 is 1.17 bits per heavy atom. The predicted molar refractivity (Wildman–Crippen MR) is 113 cm³/mol. The fraction of sp³-hybridized carbons (Fsp3) is 0.263. The van der Waals surface area contributed by atoms with Gasteiger partial charge >= 0.3 is 5.97 Å². The zero-order valence-electron chi connectivity index (χ0n) is 15.6. The largest absolute Gasteiger partial charge is 0.464 e. The van der Waals surface area contributed by atoms with E-state index in [4.69, 9.17) is 27.9 Å². The van der Waals surface area contributed by atoms with Crippen molar-refractivity contribution in [3.63, 3.8) is 0 Å². The molecule has 0 fully saturated rings. The third-order valence-corrected chi connectivity index (χ3v) is 6.36. The normalized spacial score (nSPS) is 11.6. The van der Waals surface area contributed by atoms with Gasteiger partial charge in [-0.25, -0.2) is 8.42 Å². The maximum Gasteiger partial charge on any atom is 0.326 e. The average Bonchev–Trinajstić information content (AvgIpc) is 3.13. The van der Waals surface area contributed by atoms with Crippen LogP contribution in [-0.2, 0) is 19.6 Å². The number of H-pyrrole nitrogens is 1. The SMILES string of the molecule is CCCCOC(=O)CN(c1ccc2[nH]ncc2c1)S(=O)(=O)c1cc(Cl)cc(Cl)c1. The number of esters is 1. The van der Waals surface area contributed by atoms with E-state index in [-0.39, 0.29) is 21.5 Å². The Morgan fingerprint density at radius 2 is 1.90 bits per heavy atom. The van der Waals surface area contributed by atoms with Crippen molar-refractivity contribution in [1.29, 1.82) is 0 Å². The second-order valence-corrected chi connectivity index (χ2v) is 9.07. The first-order valence-corrected chi connectivity index (χ1v) is 11.1. The number of aromatic nitrogens is 2. The summed E-state index contributed by atoms with van der Waals surface area (Å²) in [6, 6.07) is 8.91. The molecule has 0 aliphatic carbocycles. The predicted octanol–water partition coefficient (Wildman–Crippen LogP) is 4.41. The number of rotatable bonds is 8. The quantitative estimate of drug-likeness (QED) is 0.401. The van der Waals surface area contributed by atoms with Gasteiger partial charge in [-0.3, -0.25) is 14.2 Å². The standard InChI is InChI=1S/C19H19Cl2N3O4S/c1-2-3-6-28-19(25)12-24(16-4-5-18-13(7-16)11-22-23-18)29(26,27)17-9-14(20)8-15(21)10-17/h4-5,7-11H,2-3,6,12H2,1H3,(H,22,23). The number of carbonyl (C=O) groups is 1. The van der Waals surface area contributed by atoms with Crippen molar-refractivity contribution in [3.05, 3.63) is 52.6 Å². The number of sulfonamides is 1. The molecule has 7 nitrogen and oxygen atoms in total. The van der Waals surface area contributed by atoms with Gasteiger partial charge in [0.25, 0.3) is 10.0 Å². The Balaban J connectivity index is 2.02. The molecule has 0 spiro atoms. The average molecular weight is 456 g/mol. The van der Waals surface area contributed by atoms with Gasteiger partial charge in [0, 0.05) is 15.4 Å². The van der Waals surface area contributed by atoms with Gasteiger partial charge in [-0.15, -0.1) is 0 Å². The van der Waals surface area contributed by atoms with Gasteiger partial charge in [0.05, 0.1) is 28.9 Å². The third-order valence-electron chi connectivity index (χ3n) is 4.17. The number of hydrogen-bond acceptors (Lipinski definition) is 5. The molecule has 0 aliphatic heterocycles. The molecule has 0 aliphatic rings. The third kappa shape index (κ3) is 5.01. The molecule has 0 atom stereocenters. The highest BCUT2D eigenvalue weighted by Crippen LogP contribution is 2.29. The van der Waals surface area contributed by atoms with Gasteiger partial charge < -0.3 is 4.74 Å². The lowest BCUT2D eigenvalue weighted by Gasteiger charge is -2.24. The molecule has 0 bridgehead atoms. The summed E-state index contributed by atoms with van der Waals surface area (Å²) in [6.45, 7) is 1.71. The summed E-state index contributed by atoms with van der Waals surface area (Å²) in [5, 5.41) is 7.78. The highest BCUT2D eigenvalue weighted by molar-refractivity contribution is 7.92. The number of fused-ring (bicyclic) bond motifs is 1. The van der Waals surface area contributed by atoms with Gasteiger partial charge in [0.1, 0.15) is 6.54 Å². The van der Waals surface area contributed by atoms with Crippen molar-refractivity contribution in [3.8, 4) is 0 Å². The van der Waals surface area contributed by atoms with Gasteiger partial charge in [-0.1, -0.05) is 36.5 Å². The van der Waals surface area contributed by atoms with Gasteiger partial charge in [-0.05, 0) is 42.8 Å². The molecular weight excluding hydrogens is 437 g/mol. The van der Waals surface area contributed by atoms with E-state index >= 15 is 0 Å². The first-order chi connectivity index (χ1) is 13.8. The molecular formula is C19H19Cl2N3O4S. The molecule has 1 heterocycles. The van der Waals surface area contributed by atoms with E-state index in [0.717, 1.165) is 16.2 Å². The minimum Gasteiger partial charge on any atom is -0.464 e. The number of nitrogens with one attached hydrogen (secondary N) is 1. The highest BCUT2D eigenvalue weighted by atomic mass is 35.5. The zero-order valence-corrected chi connectivity index (χ0v) is 17.9. The number of hydrogen-bond donors (Lipinski definition) is 1. The van der Waals surface area contributed by atoms with Crippen LogP contribution in [0.3, 0.4) is 0 Å². The van der Waals surface area contributed by atoms with Crippen LogP contribution < -0.4 is 4.31 Å². The first kappa shape index (κ1) is 21.4. The van der Waals surface area contributed by atoms with Crippen LogP contribution in [0, 0.1) is 0 Å². The molecule has 1 aromatic heterocycles. The topological polar surface area (TPSA) is 92.4 Å². The lowest BCUT2D eigenvalue weighted by Crippen LogP contribution is -2.36. The van der Waals surface area contributed by atoms with Crippen molar-refractivity contribution < 1.29 is 17.9 Å². The maximum atomic E-state index is 13.4. The summed E-state index contributed by atoms with van der Waals surface area (Å²) in [4.78, 5) is 12.2. The molecule has 0 amide bonds. The first-order valence-electron chi connectivity index (χ1n) is 8.89. The highest BCUT2D eigenvalue weighted by Gasteiger charge is 2.28. The Hall–Kier alpha value is -2.29. The molecule has 29 heavy (non-hydrogen) atoms. The van der Waals surface area contributed by atoms with Crippen molar-refractivity contribution in [1.82, 2.24) is 10.2 Å². The molecule has 1 N–H and O–H groups in total. The van der Waals surface area contributed by atoms with Crippen molar-refractivity contribution >= 4 is 55.8 Å². The van der Waals surface area contributed by atoms with Crippen LogP contribution in [0.15, 0.2) is 47.5 Å². The fourth-order valence-electron chi connectivity index (χ4n) is 2.70. The van der Waals surface area contributed by atoms with Gasteiger partial charge in [-0.2, -0.15) is 5.10 Å². The molecule has 3 aromatic rings. The smallest absolute Gasteiger partial charge is 0.326 e. The molecule has 10 heteroatoms. The van der Waals surface area contributed by atoms with Crippen molar-refractivity contribution in [2.75, 3.05) is 17.5 Å². The Morgan fingerprint density at radius 3 is 2.59 bits per heavy atom. The molecule has 0 saturated heterocycles. The summed E-state index contributed by atoms with van der Waals surface area (Å²) in [6.07, 6.45) is 3.12. The van der Waals surface area contributed by atoms with E-state index in [2.05, 4.69) is 10.2 Å². The van der Waals surface area contributed by atoms with Crippen LogP contribution in [0.5, 0.6) is 0 Å². The Bertz CT molecular complexity index is 1110. The molecule has 0 unspecified atom stereocenters. The second-order valence-electron chi connectivity index (χ2n) is 6.33. The minimum atomic E-state index is -4.14.